The second kappa shape index (κ2) is 5.58. The molecule has 1 amide bonds. The summed E-state index contributed by atoms with van der Waals surface area (Å²) >= 11 is 0. The van der Waals surface area contributed by atoms with Crippen LogP contribution in [-0.2, 0) is 11.2 Å². The first-order chi connectivity index (χ1) is 10.4. The summed E-state index contributed by atoms with van der Waals surface area (Å²) < 4.78 is 0. The van der Waals surface area contributed by atoms with Crippen molar-refractivity contribution in [3.63, 3.8) is 0 Å². The van der Waals surface area contributed by atoms with E-state index in [0.29, 0.717) is 6.04 Å². The van der Waals surface area contributed by atoms with Crippen molar-refractivity contribution in [2.75, 3.05) is 18.0 Å². The zero-order chi connectivity index (χ0) is 15.9. The molecule has 1 unspecified atom stereocenters. The molecule has 2 heterocycles. The highest BCUT2D eigenvalue weighted by Gasteiger charge is 2.43. The van der Waals surface area contributed by atoms with E-state index in [2.05, 4.69) is 49.9 Å². The zero-order valence-corrected chi connectivity index (χ0v) is 13.9. The minimum absolute atomic E-state index is 0.225. The van der Waals surface area contributed by atoms with Gasteiger partial charge in [-0.15, -0.1) is 0 Å². The van der Waals surface area contributed by atoms with Crippen LogP contribution in [0.15, 0.2) is 24.3 Å². The number of anilines is 1. The summed E-state index contributed by atoms with van der Waals surface area (Å²) in [5.41, 5.74) is 8.00. The van der Waals surface area contributed by atoms with E-state index in [1.54, 1.807) is 0 Å². The van der Waals surface area contributed by atoms with E-state index in [-0.39, 0.29) is 11.9 Å². The first kappa shape index (κ1) is 15.3. The number of hydrogen-bond donors (Lipinski definition) is 1. The minimum atomic E-state index is -0.520. The van der Waals surface area contributed by atoms with Gasteiger partial charge in [0.25, 0.3) is 0 Å². The summed E-state index contributed by atoms with van der Waals surface area (Å²) in [6, 6.07) is 9.05. The Balaban J connectivity index is 1.84. The van der Waals surface area contributed by atoms with Crippen LogP contribution in [0.1, 0.15) is 39.2 Å². The van der Waals surface area contributed by atoms with Gasteiger partial charge in [0, 0.05) is 30.9 Å². The lowest BCUT2D eigenvalue weighted by Crippen LogP contribution is -2.59. The SMILES string of the molecule is CC1Cc2ccccc2N1C(C)(C)C(=O)N1CCC(N)CC1. The second-order valence-electron chi connectivity index (χ2n) is 7.24. The molecule has 4 nitrogen and oxygen atoms in total. The Morgan fingerprint density at radius 3 is 2.55 bits per heavy atom. The van der Waals surface area contributed by atoms with Crippen molar-refractivity contribution in [2.24, 2.45) is 5.73 Å². The van der Waals surface area contributed by atoms with E-state index < -0.39 is 5.54 Å². The van der Waals surface area contributed by atoms with Gasteiger partial charge in [0.05, 0.1) is 0 Å². The number of hydrogen-bond acceptors (Lipinski definition) is 3. The summed E-state index contributed by atoms with van der Waals surface area (Å²) in [6.07, 6.45) is 2.83. The number of likely N-dealkylation sites (tertiary alicyclic amines) is 1. The van der Waals surface area contributed by atoms with Gasteiger partial charge in [0.2, 0.25) is 5.91 Å². The maximum Gasteiger partial charge on any atom is 0.247 e. The van der Waals surface area contributed by atoms with Crippen LogP contribution in [0.25, 0.3) is 0 Å². The fraction of sp³-hybridized carbons (Fsp3) is 0.611. The van der Waals surface area contributed by atoms with Crippen LogP contribution in [0.4, 0.5) is 5.69 Å². The number of amides is 1. The lowest BCUT2D eigenvalue weighted by Gasteiger charge is -2.44. The maximum absolute atomic E-state index is 13.1. The standard InChI is InChI=1S/C18H27N3O/c1-13-12-14-6-4-5-7-16(14)21(13)18(2,3)17(22)20-10-8-15(19)9-11-20/h4-7,13,15H,8-12,19H2,1-3H3. The number of nitrogens with two attached hydrogens (primary N) is 1. The molecule has 0 radical (unpaired) electrons. The van der Waals surface area contributed by atoms with E-state index in [0.717, 1.165) is 32.4 Å². The molecule has 1 aromatic rings. The third-order valence-corrected chi connectivity index (χ3v) is 5.16. The Labute approximate surface area is 133 Å². The number of nitrogens with zero attached hydrogens (tertiary/aromatic N) is 2. The summed E-state index contributed by atoms with van der Waals surface area (Å²) in [7, 11) is 0. The molecule has 1 aromatic carbocycles. The number of para-hydroxylation sites is 1. The van der Waals surface area contributed by atoms with E-state index in [1.165, 1.54) is 11.3 Å². The molecule has 1 saturated heterocycles. The lowest BCUT2D eigenvalue weighted by atomic mass is 9.96. The van der Waals surface area contributed by atoms with Crippen molar-refractivity contribution in [2.45, 2.75) is 57.7 Å². The molecular formula is C18H27N3O. The number of carbonyl (C=O) groups is 1. The number of piperidine rings is 1. The molecule has 0 saturated carbocycles. The van der Waals surface area contributed by atoms with Crippen molar-refractivity contribution in [3.05, 3.63) is 29.8 Å². The highest BCUT2D eigenvalue weighted by molar-refractivity contribution is 5.90. The van der Waals surface area contributed by atoms with Crippen LogP contribution in [0, 0.1) is 0 Å². The molecule has 120 valence electrons. The summed E-state index contributed by atoms with van der Waals surface area (Å²) in [4.78, 5) is 17.4. The Morgan fingerprint density at radius 2 is 1.86 bits per heavy atom. The van der Waals surface area contributed by atoms with Crippen LogP contribution >= 0.6 is 0 Å². The Morgan fingerprint density at radius 1 is 1.23 bits per heavy atom. The number of fused-ring (bicyclic) bond motifs is 1. The Hall–Kier alpha value is -1.55. The molecule has 0 aromatic heterocycles. The number of rotatable bonds is 2. The smallest absolute Gasteiger partial charge is 0.247 e. The molecule has 0 aliphatic carbocycles. The van der Waals surface area contributed by atoms with Gasteiger partial charge in [-0.1, -0.05) is 18.2 Å². The third kappa shape index (κ3) is 2.50. The molecule has 1 atom stereocenters. The highest BCUT2D eigenvalue weighted by Crippen LogP contribution is 2.38. The molecule has 0 spiro atoms. The summed E-state index contributed by atoms with van der Waals surface area (Å²) in [6.45, 7) is 7.90. The molecule has 2 N–H and O–H groups in total. The highest BCUT2D eigenvalue weighted by atomic mass is 16.2. The topological polar surface area (TPSA) is 49.6 Å². The number of carbonyl (C=O) groups excluding carboxylic acids is 1. The van der Waals surface area contributed by atoms with E-state index in [1.807, 2.05) is 4.90 Å². The molecule has 4 heteroatoms. The molecular weight excluding hydrogens is 274 g/mol. The predicted molar refractivity (Wildman–Crippen MR) is 90.0 cm³/mol. The first-order valence-electron chi connectivity index (χ1n) is 8.33. The maximum atomic E-state index is 13.1. The molecule has 3 rings (SSSR count). The van der Waals surface area contributed by atoms with Gasteiger partial charge in [-0.05, 0) is 51.7 Å². The van der Waals surface area contributed by atoms with Gasteiger partial charge < -0.3 is 15.5 Å². The van der Waals surface area contributed by atoms with Crippen molar-refractivity contribution in [3.8, 4) is 0 Å². The van der Waals surface area contributed by atoms with E-state index >= 15 is 0 Å². The predicted octanol–water partition coefficient (Wildman–Crippen LogP) is 2.17. The zero-order valence-electron chi connectivity index (χ0n) is 13.9. The van der Waals surface area contributed by atoms with Crippen LogP contribution < -0.4 is 10.6 Å². The minimum Gasteiger partial charge on any atom is -0.354 e. The van der Waals surface area contributed by atoms with Crippen molar-refractivity contribution in [1.82, 2.24) is 4.90 Å². The van der Waals surface area contributed by atoms with Gasteiger partial charge in [0.15, 0.2) is 0 Å². The molecule has 22 heavy (non-hydrogen) atoms. The lowest BCUT2D eigenvalue weighted by molar-refractivity contribution is -0.137. The average molecular weight is 301 g/mol. The van der Waals surface area contributed by atoms with Crippen molar-refractivity contribution < 1.29 is 4.79 Å². The summed E-state index contributed by atoms with van der Waals surface area (Å²) in [5.74, 6) is 0.225. The largest absolute Gasteiger partial charge is 0.354 e. The normalized spacial score (nSPS) is 22.8. The average Bonchev–Trinajstić information content (AvgIpc) is 2.83. The Bertz CT molecular complexity index is 561. The molecule has 0 bridgehead atoms. The van der Waals surface area contributed by atoms with E-state index in [9.17, 15) is 4.79 Å². The fourth-order valence-electron chi connectivity index (χ4n) is 4.01. The molecule has 2 aliphatic heterocycles. The first-order valence-corrected chi connectivity index (χ1v) is 8.33. The van der Waals surface area contributed by atoms with Gasteiger partial charge in [-0.3, -0.25) is 4.79 Å². The van der Waals surface area contributed by atoms with Crippen LogP contribution in [-0.4, -0.2) is 41.5 Å². The van der Waals surface area contributed by atoms with Crippen LogP contribution in [0.3, 0.4) is 0 Å². The van der Waals surface area contributed by atoms with Crippen LogP contribution in [0.2, 0.25) is 0 Å². The summed E-state index contributed by atoms with van der Waals surface area (Å²) in [5, 5.41) is 0. The van der Waals surface area contributed by atoms with Gasteiger partial charge in [-0.2, -0.15) is 0 Å². The second-order valence-corrected chi connectivity index (χ2v) is 7.24. The monoisotopic (exact) mass is 301 g/mol. The quantitative estimate of drug-likeness (QED) is 0.911. The van der Waals surface area contributed by atoms with Gasteiger partial charge >= 0.3 is 0 Å². The fourth-order valence-corrected chi connectivity index (χ4v) is 4.01. The van der Waals surface area contributed by atoms with E-state index in [4.69, 9.17) is 5.73 Å². The number of benzene rings is 1. The van der Waals surface area contributed by atoms with Gasteiger partial charge in [0.1, 0.15) is 5.54 Å². The van der Waals surface area contributed by atoms with Crippen LogP contribution in [0.5, 0.6) is 0 Å². The van der Waals surface area contributed by atoms with Crippen molar-refractivity contribution in [1.29, 1.82) is 0 Å². The molecule has 2 aliphatic rings. The van der Waals surface area contributed by atoms with Crippen molar-refractivity contribution >= 4 is 11.6 Å². The Kier molecular flexibility index (Phi) is 3.89. The molecule has 1 fully saturated rings. The third-order valence-electron chi connectivity index (χ3n) is 5.16. The van der Waals surface area contributed by atoms with Gasteiger partial charge in [-0.25, -0.2) is 0 Å².